The van der Waals surface area contributed by atoms with E-state index in [0.717, 1.165) is 0 Å². The molecule has 6 rings (SSSR count). The normalized spacial score (nSPS) is 9.92. The number of rotatable bonds is 6. The Morgan fingerprint density at radius 3 is 0.549 bits per heavy atom. The number of hydrogen-bond donors (Lipinski definition) is 0. The van der Waals surface area contributed by atoms with Crippen molar-refractivity contribution < 1.29 is 30.0 Å². The monoisotopic (exact) mass is 800 g/mol. The number of benzene rings is 6. The van der Waals surface area contributed by atoms with Gasteiger partial charge in [0.1, 0.15) is 0 Å². The van der Waals surface area contributed by atoms with Crippen LogP contribution in [0.1, 0.15) is 47.2 Å². The molecule has 0 fully saturated rings. The van der Waals surface area contributed by atoms with E-state index in [9.17, 15) is 0 Å². The zero-order valence-electron chi connectivity index (χ0n) is 30.9. The Kier molecular flexibility index (Phi) is 19.5. The molecule has 0 aromatic heterocycles. The molecule has 0 amide bonds. The third-order valence-corrected chi connectivity index (χ3v) is 14.0. The molecule has 0 radical (unpaired) electrons. The van der Waals surface area contributed by atoms with Crippen LogP contribution in [-0.2, 0) is 30.0 Å². The predicted molar refractivity (Wildman–Crippen MR) is 221 cm³/mol. The Morgan fingerprint density at radius 2 is 0.431 bits per heavy atom. The summed E-state index contributed by atoms with van der Waals surface area (Å²) in [6.45, 7) is 16.0. The molecule has 0 spiro atoms. The first-order chi connectivity index (χ1) is 24.2. The van der Waals surface area contributed by atoms with Crippen molar-refractivity contribution in [2.45, 2.75) is 55.4 Å². The SMILES string of the molecule is C[C-]=O.C[C-]=O.Cc1ccccc1P(c1ccccc1C)c1ccccc1C.Cc1ccccc1P(c1ccccc1C)c1ccccc1C.[Pd+2]. The van der Waals surface area contributed by atoms with Gasteiger partial charge < -0.3 is 9.59 Å². The Morgan fingerprint density at radius 1 is 0.314 bits per heavy atom. The van der Waals surface area contributed by atoms with Crippen LogP contribution in [0.2, 0.25) is 0 Å². The van der Waals surface area contributed by atoms with E-state index in [1.807, 2.05) is 0 Å². The van der Waals surface area contributed by atoms with Gasteiger partial charge in [-0.15, -0.1) is 0 Å². The van der Waals surface area contributed by atoms with Crippen LogP contribution in [0.3, 0.4) is 0 Å². The minimum atomic E-state index is -0.508. The van der Waals surface area contributed by atoms with Gasteiger partial charge in [-0.1, -0.05) is 146 Å². The van der Waals surface area contributed by atoms with Gasteiger partial charge in [0.25, 0.3) is 0 Å². The average Bonchev–Trinajstić information content (AvgIpc) is 3.11. The molecule has 0 unspecified atom stereocenters. The van der Waals surface area contributed by atoms with E-state index in [-0.39, 0.29) is 20.4 Å². The zero-order chi connectivity index (χ0) is 36.5. The van der Waals surface area contributed by atoms with Crippen molar-refractivity contribution in [1.82, 2.24) is 0 Å². The zero-order valence-corrected chi connectivity index (χ0v) is 34.2. The second-order valence-electron chi connectivity index (χ2n) is 11.8. The van der Waals surface area contributed by atoms with Gasteiger partial charge in [0, 0.05) is 0 Å². The number of hydrogen-bond acceptors (Lipinski definition) is 2. The van der Waals surface area contributed by atoms with E-state index < -0.39 is 15.8 Å². The minimum absolute atomic E-state index is 0. The van der Waals surface area contributed by atoms with Crippen LogP contribution < -0.4 is 31.8 Å². The molecule has 0 saturated carbocycles. The van der Waals surface area contributed by atoms with Crippen molar-refractivity contribution in [3.8, 4) is 0 Å². The Balaban J connectivity index is 0.000000301. The second kappa shape index (κ2) is 22.9. The Hall–Kier alpha value is -3.82. The van der Waals surface area contributed by atoms with Gasteiger partial charge in [-0.3, -0.25) is 12.6 Å². The van der Waals surface area contributed by atoms with E-state index in [4.69, 9.17) is 9.59 Å². The fourth-order valence-electron chi connectivity index (χ4n) is 5.66. The maximum absolute atomic E-state index is 8.68. The summed E-state index contributed by atoms with van der Waals surface area (Å²) in [4.78, 5) is 17.4. The molecule has 0 bridgehead atoms. The van der Waals surface area contributed by atoms with Crippen LogP contribution in [0.4, 0.5) is 0 Å². The topological polar surface area (TPSA) is 34.1 Å². The van der Waals surface area contributed by atoms with Crippen molar-refractivity contribution in [2.75, 3.05) is 0 Å². The third kappa shape index (κ3) is 12.1. The molecule has 0 aliphatic heterocycles. The van der Waals surface area contributed by atoms with Gasteiger partial charge in [-0.25, -0.2) is 0 Å². The van der Waals surface area contributed by atoms with Crippen molar-refractivity contribution >= 4 is 60.2 Å². The van der Waals surface area contributed by atoms with Crippen LogP contribution in [-0.4, -0.2) is 12.6 Å². The number of aryl methyl sites for hydroxylation is 6. The van der Waals surface area contributed by atoms with Crippen molar-refractivity contribution in [3.05, 3.63) is 179 Å². The molecular formula is C46H48O2P2Pd. The van der Waals surface area contributed by atoms with E-state index in [0.29, 0.717) is 0 Å². The predicted octanol–water partition coefficient (Wildman–Crippen LogP) is 8.97. The number of carbonyl (C=O) groups excluding carboxylic acids is 2. The second-order valence-corrected chi connectivity index (χ2v) is 16.0. The average molecular weight is 801 g/mol. The van der Waals surface area contributed by atoms with Gasteiger partial charge in [0.15, 0.2) is 0 Å². The van der Waals surface area contributed by atoms with Gasteiger partial charge in [-0.2, -0.15) is 13.8 Å². The molecule has 2 nitrogen and oxygen atoms in total. The molecule has 6 aromatic rings. The summed E-state index contributed by atoms with van der Waals surface area (Å²) in [7, 11) is -1.02. The van der Waals surface area contributed by atoms with Crippen LogP contribution in [0.5, 0.6) is 0 Å². The standard InChI is InChI=1S/2C21H21P.2C2H3O.Pd/c2*1-16-10-4-7-13-19(16)22(20-14-8-5-11-17(20)2)21-15-9-6-12-18(21)3;2*1-2-3;/h2*4-15H,1-3H3;2*1H3;/q;;2*-1;+2. The first-order valence-corrected chi connectivity index (χ1v) is 19.4. The molecule has 5 heteroatoms. The molecular weight excluding hydrogens is 753 g/mol. The van der Waals surface area contributed by atoms with E-state index >= 15 is 0 Å². The molecule has 0 aliphatic rings. The van der Waals surface area contributed by atoms with Crippen LogP contribution in [0.15, 0.2) is 146 Å². The van der Waals surface area contributed by atoms with Crippen molar-refractivity contribution in [2.24, 2.45) is 0 Å². The fraction of sp³-hybridized carbons (Fsp3) is 0.174. The summed E-state index contributed by atoms with van der Waals surface area (Å²) in [6.07, 6.45) is 3.00. The Bertz CT molecular complexity index is 1610. The Labute approximate surface area is 322 Å². The minimum Gasteiger partial charge on any atom is -0.542 e. The molecule has 264 valence electrons. The van der Waals surface area contributed by atoms with Crippen LogP contribution in [0.25, 0.3) is 0 Å². The van der Waals surface area contributed by atoms with Crippen molar-refractivity contribution in [3.63, 3.8) is 0 Å². The summed E-state index contributed by atoms with van der Waals surface area (Å²) in [5.41, 5.74) is 8.25. The molecule has 6 aromatic carbocycles. The molecule has 0 atom stereocenters. The van der Waals surface area contributed by atoms with Gasteiger partial charge in [0.2, 0.25) is 0 Å². The van der Waals surface area contributed by atoms with E-state index in [1.54, 1.807) is 0 Å². The third-order valence-electron chi connectivity index (χ3n) is 8.14. The molecule has 51 heavy (non-hydrogen) atoms. The molecule has 0 saturated heterocycles. The summed E-state index contributed by atoms with van der Waals surface area (Å²) in [5.74, 6) is 0. The first kappa shape index (κ1) is 43.3. The molecule has 0 aliphatic carbocycles. The smallest absolute Gasteiger partial charge is 0.542 e. The van der Waals surface area contributed by atoms with E-state index in [2.05, 4.69) is 187 Å². The van der Waals surface area contributed by atoms with Gasteiger partial charge in [-0.05, 0) is 123 Å². The van der Waals surface area contributed by atoms with Gasteiger partial charge in [0.05, 0.1) is 0 Å². The maximum atomic E-state index is 8.68. The summed E-state index contributed by atoms with van der Waals surface area (Å²) < 4.78 is 0. The largest absolute Gasteiger partial charge is 2.00 e. The fourth-order valence-corrected chi connectivity index (χ4v) is 11.2. The molecule has 0 N–H and O–H groups in total. The maximum Gasteiger partial charge on any atom is 2.00 e. The quantitative estimate of drug-likeness (QED) is 0.0959. The molecule has 0 heterocycles. The van der Waals surface area contributed by atoms with Gasteiger partial charge >= 0.3 is 20.4 Å². The van der Waals surface area contributed by atoms with Crippen LogP contribution >= 0.6 is 15.8 Å². The van der Waals surface area contributed by atoms with E-state index in [1.165, 1.54) is 91.6 Å². The summed E-state index contributed by atoms with van der Waals surface area (Å²) >= 11 is 0. The first-order valence-electron chi connectivity index (χ1n) is 16.7. The summed E-state index contributed by atoms with van der Waals surface area (Å²) in [5, 5.41) is 8.76. The summed E-state index contributed by atoms with van der Waals surface area (Å²) in [6, 6.07) is 52.8. The van der Waals surface area contributed by atoms with Crippen molar-refractivity contribution in [1.29, 1.82) is 0 Å². The van der Waals surface area contributed by atoms with Crippen LogP contribution in [0, 0.1) is 41.5 Å².